The van der Waals surface area contributed by atoms with Crippen LogP contribution in [0.25, 0.3) is 0 Å². The minimum atomic E-state index is -0.902. The zero-order valence-electron chi connectivity index (χ0n) is 23.3. The van der Waals surface area contributed by atoms with Gasteiger partial charge in [-0.05, 0) is 93.3 Å². The van der Waals surface area contributed by atoms with Crippen LogP contribution < -0.4 is 0 Å². The SMILES string of the molecule is CC(C)(O)C1CCC(C)(C2C(O)CC3(C)C4CC(O)C5C(C)(CCC(O)C5(C)C)C4=CCC23C)O1. The number of ether oxygens (including phenoxy) is 1. The second-order valence-electron chi connectivity index (χ2n) is 15.2. The normalized spacial score (nSPS) is 55.7. The lowest BCUT2D eigenvalue weighted by Crippen LogP contribution is -2.62. The molecule has 0 radical (unpaired) electrons. The maximum absolute atomic E-state index is 11.7. The molecule has 4 fully saturated rings. The third kappa shape index (κ3) is 3.30. The van der Waals surface area contributed by atoms with Crippen LogP contribution in [0.1, 0.15) is 100 Å². The van der Waals surface area contributed by atoms with Gasteiger partial charge in [-0.1, -0.05) is 46.3 Å². The molecule has 11 unspecified atom stereocenters. The quantitative estimate of drug-likeness (QED) is 0.425. The molecule has 0 bridgehead atoms. The average molecular weight is 491 g/mol. The lowest BCUT2D eigenvalue weighted by molar-refractivity contribution is -0.183. The van der Waals surface area contributed by atoms with Crippen molar-refractivity contribution >= 4 is 0 Å². The Morgan fingerprint density at radius 2 is 1.54 bits per heavy atom. The van der Waals surface area contributed by atoms with E-state index in [1.165, 1.54) is 5.57 Å². The topological polar surface area (TPSA) is 90.2 Å². The van der Waals surface area contributed by atoms with Gasteiger partial charge in [0.25, 0.3) is 0 Å². The van der Waals surface area contributed by atoms with E-state index < -0.39 is 29.5 Å². The summed E-state index contributed by atoms with van der Waals surface area (Å²) in [6.45, 7) is 17.1. The van der Waals surface area contributed by atoms with Gasteiger partial charge < -0.3 is 25.2 Å². The molecule has 0 aromatic heterocycles. The smallest absolute Gasteiger partial charge is 0.0865 e. The van der Waals surface area contributed by atoms with Crippen molar-refractivity contribution in [2.75, 3.05) is 0 Å². The van der Waals surface area contributed by atoms with Crippen molar-refractivity contribution in [3.63, 3.8) is 0 Å². The van der Waals surface area contributed by atoms with Gasteiger partial charge in [0.1, 0.15) is 0 Å². The van der Waals surface area contributed by atoms with Gasteiger partial charge in [0.05, 0.1) is 35.6 Å². The molecular formula is C30H50O5. The summed E-state index contributed by atoms with van der Waals surface area (Å²) in [6.07, 6.45) is 6.50. The molecule has 3 saturated carbocycles. The second-order valence-corrected chi connectivity index (χ2v) is 15.2. The Kier molecular flexibility index (Phi) is 5.65. The molecule has 0 spiro atoms. The molecule has 4 aliphatic carbocycles. The lowest BCUT2D eigenvalue weighted by atomic mass is 9.40. The highest BCUT2D eigenvalue weighted by atomic mass is 16.5. The number of hydrogen-bond donors (Lipinski definition) is 4. The zero-order valence-corrected chi connectivity index (χ0v) is 23.3. The van der Waals surface area contributed by atoms with Crippen LogP contribution >= 0.6 is 0 Å². The minimum absolute atomic E-state index is 0.0274. The Balaban J connectivity index is 1.55. The molecule has 5 heteroatoms. The maximum atomic E-state index is 11.7. The number of allylic oxidation sites excluding steroid dienone is 2. The summed E-state index contributed by atoms with van der Waals surface area (Å²) in [6, 6.07) is 0. The lowest BCUT2D eigenvalue weighted by Gasteiger charge is -2.65. The van der Waals surface area contributed by atoms with Crippen LogP contribution in [0.5, 0.6) is 0 Å². The van der Waals surface area contributed by atoms with Crippen molar-refractivity contribution in [3.05, 3.63) is 11.6 Å². The minimum Gasteiger partial charge on any atom is -0.393 e. The van der Waals surface area contributed by atoms with E-state index in [4.69, 9.17) is 4.74 Å². The summed E-state index contributed by atoms with van der Waals surface area (Å²) in [7, 11) is 0. The molecule has 200 valence electrons. The molecule has 1 aliphatic heterocycles. The number of fused-ring (bicyclic) bond motifs is 5. The third-order valence-electron chi connectivity index (χ3n) is 12.5. The largest absolute Gasteiger partial charge is 0.393 e. The van der Waals surface area contributed by atoms with E-state index >= 15 is 0 Å². The molecule has 5 rings (SSSR count). The fraction of sp³-hybridized carbons (Fsp3) is 0.933. The van der Waals surface area contributed by atoms with Crippen molar-refractivity contribution in [1.29, 1.82) is 0 Å². The first kappa shape index (κ1) is 26.2. The van der Waals surface area contributed by atoms with E-state index in [-0.39, 0.29) is 45.5 Å². The van der Waals surface area contributed by atoms with Crippen LogP contribution in [-0.4, -0.2) is 56.0 Å². The summed E-state index contributed by atoms with van der Waals surface area (Å²) in [4.78, 5) is 0. The Labute approximate surface area is 212 Å². The Morgan fingerprint density at radius 1 is 0.886 bits per heavy atom. The Bertz CT molecular complexity index is 905. The first-order valence-corrected chi connectivity index (χ1v) is 14.1. The molecule has 1 heterocycles. The molecule has 5 nitrogen and oxygen atoms in total. The van der Waals surface area contributed by atoms with E-state index in [1.54, 1.807) is 0 Å². The summed E-state index contributed by atoms with van der Waals surface area (Å²) >= 11 is 0. The van der Waals surface area contributed by atoms with Gasteiger partial charge in [0.15, 0.2) is 0 Å². The molecule has 35 heavy (non-hydrogen) atoms. The zero-order chi connectivity index (χ0) is 26.0. The highest BCUT2D eigenvalue weighted by Crippen LogP contribution is 2.74. The standard InChI is InChI=1S/C30H50O5/c1-25(2)21(33)10-12-27(5)17-9-13-28(6)24(30(8)14-11-22(35-30)26(3,4)34)20(32)16-29(28,7)18(17)15-19(31)23(25)27/h9,18-24,31-34H,10-16H2,1-8H3. The van der Waals surface area contributed by atoms with Gasteiger partial charge in [0.2, 0.25) is 0 Å². The summed E-state index contributed by atoms with van der Waals surface area (Å²) in [5.74, 6) is 0.204. The molecule has 0 amide bonds. The number of aliphatic hydroxyl groups is 4. The number of rotatable bonds is 2. The van der Waals surface area contributed by atoms with Crippen LogP contribution in [0.2, 0.25) is 0 Å². The van der Waals surface area contributed by atoms with Crippen molar-refractivity contribution in [3.8, 4) is 0 Å². The van der Waals surface area contributed by atoms with E-state index in [1.807, 2.05) is 13.8 Å². The fourth-order valence-corrected chi connectivity index (χ4v) is 10.6. The van der Waals surface area contributed by atoms with Gasteiger partial charge in [-0.2, -0.15) is 0 Å². The maximum Gasteiger partial charge on any atom is 0.0865 e. The van der Waals surface area contributed by atoms with Crippen LogP contribution in [-0.2, 0) is 4.74 Å². The van der Waals surface area contributed by atoms with Crippen molar-refractivity contribution in [2.24, 2.45) is 39.4 Å². The second kappa shape index (κ2) is 7.56. The summed E-state index contributed by atoms with van der Waals surface area (Å²) < 4.78 is 6.62. The third-order valence-corrected chi connectivity index (χ3v) is 12.5. The fourth-order valence-electron chi connectivity index (χ4n) is 10.6. The number of hydrogen-bond acceptors (Lipinski definition) is 5. The van der Waals surface area contributed by atoms with Crippen LogP contribution in [0, 0.1) is 39.4 Å². The van der Waals surface area contributed by atoms with Gasteiger partial charge in [-0.25, -0.2) is 0 Å². The predicted molar refractivity (Wildman–Crippen MR) is 137 cm³/mol. The van der Waals surface area contributed by atoms with Gasteiger partial charge in [-0.15, -0.1) is 0 Å². The van der Waals surface area contributed by atoms with E-state index in [0.29, 0.717) is 12.8 Å². The van der Waals surface area contributed by atoms with Crippen molar-refractivity contribution in [1.82, 2.24) is 0 Å². The first-order valence-electron chi connectivity index (χ1n) is 14.1. The summed E-state index contributed by atoms with van der Waals surface area (Å²) in [5.41, 5.74) is -0.731. The Hall–Kier alpha value is -0.460. The van der Waals surface area contributed by atoms with Crippen molar-refractivity contribution in [2.45, 2.75) is 136 Å². The average Bonchev–Trinajstić information content (AvgIpc) is 3.20. The molecule has 0 aromatic rings. The molecule has 4 N–H and O–H groups in total. The molecule has 1 saturated heterocycles. The van der Waals surface area contributed by atoms with E-state index in [0.717, 1.165) is 32.1 Å². The van der Waals surface area contributed by atoms with Gasteiger partial charge in [0, 0.05) is 11.8 Å². The number of aliphatic hydroxyl groups excluding tert-OH is 3. The molecule has 5 aliphatic rings. The predicted octanol–water partition coefficient (Wildman–Crippen LogP) is 4.60. The highest BCUT2D eigenvalue weighted by molar-refractivity contribution is 5.35. The van der Waals surface area contributed by atoms with Crippen LogP contribution in [0.15, 0.2) is 11.6 Å². The molecule has 0 aromatic carbocycles. The first-order chi connectivity index (χ1) is 15.9. The van der Waals surface area contributed by atoms with Crippen LogP contribution in [0.4, 0.5) is 0 Å². The summed E-state index contributed by atoms with van der Waals surface area (Å²) in [5, 5.41) is 44.8. The van der Waals surface area contributed by atoms with E-state index in [9.17, 15) is 20.4 Å². The highest BCUT2D eigenvalue weighted by Gasteiger charge is 2.71. The molecule has 11 atom stereocenters. The Morgan fingerprint density at radius 3 is 2.14 bits per heavy atom. The molecular weight excluding hydrogens is 440 g/mol. The van der Waals surface area contributed by atoms with E-state index in [2.05, 4.69) is 47.6 Å². The van der Waals surface area contributed by atoms with Crippen molar-refractivity contribution < 1.29 is 25.2 Å². The monoisotopic (exact) mass is 490 g/mol. The van der Waals surface area contributed by atoms with Gasteiger partial charge >= 0.3 is 0 Å². The van der Waals surface area contributed by atoms with Gasteiger partial charge in [-0.3, -0.25) is 0 Å². The van der Waals surface area contributed by atoms with Crippen LogP contribution in [0.3, 0.4) is 0 Å².